The first-order valence-electron chi connectivity index (χ1n) is 2.72. The Morgan fingerprint density at radius 2 is 2.00 bits per heavy atom. The summed E-state index contributed by atoms with van der Waals surface area (Å²) in [7, 11) is 2.37. The SMILES string of the molecule is CCCS(=O)(Cl)=NP(=O)(Cl)Cl. The molecule has 0 saturated carbocycles. The molecule has 0 saturated heterocycles. The van der Waals surface area contributed by atoms with Crippen LogP contribution in [0.4, 0.5) is 0 Å². The molecule has 0 aliphatic carbocycles. The maximum absolute atomic E-state index is 11.1. The molecule has 1 atom stereocenters. The van der Waals surface area contributed by atoms with E-state index in [-0.39, 0.29) is 5.75 Å². The minimum Gasteiger partial charge on any atom is -0.262 e. The maximum atomic E-state index is 11.1. The third-order valence-corrected chi connectivity index (χ3v) is 5.45. The van der Waals surface area contributed by atoms with Gasteiger partial charge in [0.2, 0.25) is 0 Å². The van der Waals surface area contributed by atoms with Gasteiger partial charge in [-0.15, -0.1) is 4.13 Å². The number of nitrogens with zero attached hydrogens (tertiary/aromatic N) is 1. The van der Waals surface area contributed by atoms with E-state index in [4.69, 9.17) is 33.2 Å². The second-order valence-electron chi connectivity index (χ2n) is 1.78. The Morgan fingerprint density at radius 1 is 1.55 bits per heavy atom. The molecule has 0 aliphatic rings. The standard InChI is InChI=1S/C3H7Cl3NO2PS/c1-2-3-11(6,9)7-10(4,5)8/h2-3H2,1H3. The summed E-state index contributed by atoms with van der Waals surface area (Å²) in [5.41, 5.74) is 0. The van der Waals surface area contributed by atoms with E-state index in [0.717, 1.165) is 0 Å². The van der Waals surface area contributed by atoms with Crippen LogP contribution < -0.4 is 0 Å². The molecule has 0 aromatic heterocycles. The summed E-state index contributed by atoms with van der Waals surface area (Å²) in [6, 6.07) is 0. The van der Waals surface area contributed by atoms with Crippen LogP contribution in [0.3, 0.4) is 0 Å². The summed E-state index contributed by atoms with van der Waals surface area (Å²) >= 11 is 10.1. The molecule has 3 nitrogen and oxygen atoms in total. The molecule has 68 valence electrons. The van der Waals surface area contributed by atoms with E-state index in [1.807, 2.05) is 0 Å². The van der Waals surface area contributed by atoms with Gasteiger partial charge >= 0.3 is 6.00 Å². The Balaban J connectivity index is 4.69. The predicted octanol–water partition coefficient (Wildman–Crippen LogP) is 3.60. The Bertz CT molecular complexity index is 278. The van der Waals surface area contributed by atoms with Gasteiger partial charge in [-0.2, -0.15) is 0 Å². The molecule has 0 fully saturated rings. The lowest BCUT2D eigenvalue weighted by atomic mass is 10.6. The van der Waals surface area contributed by atoms with Crippen LogP contribution in [0.1, 0.15) is 13.3 Å². The number of halogens is 3. The maximum Gasteiger partial charge on any atom is 0.372 e. The van der Waals surface area contributed by atoms with Gasteiger partial charge in [-0.25, -0.2) is 4.21 Å². The van der Waals surface area contributed by atoms with Crippen LogP contribution in [0.15, 0.2) is 4.13 Å². The Morgan fingerprint density at radius 3 is 2.27 bits per heavy atom. The second kappa shape index (κ2) is 4.33. The first-order chi connectivity index (χ1) is 4.77. The third kappa shape index (κ3) is 7.41. The molecule has 0 radical (unpaired) electrons. The van der Waals surface area contributed by atoms with E-state index in [1.165, 1.54) is 0 Å². The largest absolute Gasteiger partial charge is 0.372 e. The summed E-state index contributed by atoms with van der Waals surface area (Å²) in [4.78, 5) is 0. The Kier molecular flexibility index (Phi) is 4.75. The van der Waals surface area contributed by atoms with Crippen LogP contribution in [-0.2, 0) is 13.5 Å². The summed E-state index contributed by atoms with van der Waals surface area (Å²) in [6.45, 7) is 1.77. The van der Waals surface area contributed by atoms with E-state index >= 15 is 0 Å². The molecule has 0 amide bonds. The van der Waals surface area contributed by atoms with Gasteiger partial charge in [-0.3, -0.25) is 4.57 Å². The zero-order chi connectivity index (χ0) is 9.12. The van der Waals surface area contributed by atoms with Gasteiger partial charge in [0.1, 0.15) is 8.94 Å². The monoisotopic (exact) mass is 257 g/mol. The summed E-state index contributed by atoms with van der Waals surface area (Å²) < 4.78 is 24.8. The lowest BCUT2D eigenvalue weighted by Gasteiger charge is -1.98. The highest BCUT2D eigenvalue weighted by Crippen LogP contribution is 2.59. The predicted molar refractivity (Wildman–Crippen MR) is 50.9 cm³/mol. The molecule has 0 rings (SSSR count). The molecule has 0 aromatic carbocycles. The van der Waals surface area contributed by atoms with Crippen LogP contribution in [0.25, 0.3) is 0 Å². The average molecular weight is 258 g/mol. The Labute approximate surface area is 80.1 Å². The van der Waals surface area contributed by atoms with Crippen molar-refractivity contribution in [3.8, 4) is 0 Å². The minimum absolute atomic E-state index is 0.137. The van der Waals surface area contributed by atoms with E-state index in [2.05, 4.69) is 4.13 Å². The zero-order valence-electron chi connectivity index (χ0n) is 5.67. The van der Waals surface area contributed by atoms with Crippen LogP contribution >= 0.6 is 39.2 Å². The zero-order valence-corrected chi connectivity index (χ0v) is 9.65. The van der Waals surface area contributed by atoms with Crippen LogP contribution in [-0.4, -0.2) is 9.96 Å². The highest BCUT2D eigenvalue weighted by atomic mass is 35.9. The average Bonchev–Trinajstić information content (AvgIpc) is 1.55. The first-order valence-corrected chi connectivity index (χ1v) is 8.70. The summed E-state index contributed by atoms with van der Waals surface area (Å²) in [5, 5.41) is 0. The first kappa shape index (κ1) is 12.0. The van der Waals surface area contributed by atoms with Crippen molar-refractivity contribution >= 4 is 48.1 Å². The van der Waals surface area contributed by atoms with Gasteiger partial charge in [0.15, 0.2) is 0 Å². The van der Waals surface area contributed by atoms with E-state index in [9.17, 15) is 8.77 Å². The molecule has 0 N–H and O–H groups in total. The molecule has 11 heavy (non-hydrogen) atoms. The van der Waals surface area contributed by atoms with E-state index in [1.54, 1.807) is 6.92 Å². The van der Waals surface area contributed by atoms with Gasteiger partial charge in [0.25, 0.3) is 0 Å². The normalized spacial score (nSPS) is 17.5. The fourth-order valence-electron chi connectivity index (χ4n) is 0.435. The quantitative estimate of drug-likeness (QED) is 0.573. The van der Waals surface area contributed by atoms with Crippen molar-refractivity contribution in [3.63, 3.8) is 0 Å². The van der Waals surface area contributed by atoms with Crippen LogP contribution in [0.5, 0.6) is 0 Å². The Hall–Kier alpha value is 1.05. The van der Waals surface area contributed by atoms with Crippen molar-refractivity contribution in [1.29, 1.82) is 0 Å². The fraction of sp³-hybridized carbons (Fsp3) is 1.00. The third-order valence-electron chi connectivity index (χ3n) is 0.673. The van der Waals surface area contributed by atoms with Crippen molar-refractivity contribution < 1.29 is 8.77 Å². The topological polar surface area (TPSA) is 46.5 Å². The molecule has 1 unspecified atom stereocenters. The summed E-state index contributed by atoms with van der Waals surface area (Å²) in [5.74, 6) is -3.52. The van der Waals surface area contributed by atoms with Gasteiger partial charge in [-0.05, 0) is 39.6 Å². The van der Waals surface area contributed by atoms with Gasteiger partial charge in [0, 0.05) is 5.75 Å². The van der Waals surface area contributed by atoms with E-state index in [0.29, 0.717) is 6.42 Å². The molecule has 0 spiro atoms. The highest BCUT2D eigenvalue weighted by Gasteiger charge is 2.15. The van der Waals surface area contributed by atoms with Crippen molar-refractivity contribution in [2.75, 3.05) is 5.75 Å². The second-order valence-corrected chi connectivity index (χ2v) is 9.55. The smallest absolute Gasteiger partial charge is 0.262 e. The lowest BCUT2D eigenvalue weighted by Crippen LogP contribution is -1.93. The van der Waals surface area contributed by atoms with Crippen LogP contribution in [0, 0.1) is 0 Å². The van der Waals surface area contributed by atoms with Gasteiger partial charge in [-0.1, -0.05) is 6.92 Å². The minimum atomic E-state index is -3.65. The number of rotatable bonds is 3. The van der Waals surface area contributed by atoms with Crippen molar-refractivity contribution in [2.45, 2.75) is 13.3 Å². The molecule has 0 aliphatic heterocycles. The lowest BCUT2D eigenvalue weighted by molar-refractivity contribution is 0.593. The molecule has 0 bridgehead atoms. The molecular weight excluding hydrogens is 251 g/mol. The fourth-order valence-corrected chi connectivity index (χ4v) is 6.01. The van der Waals surface area contributed by atoms with E-state index < -0.39 is 14.9 Å². The highest BCUT2D eigenvalue weighted by molar-refractivity contribution is 8.21. The molecule has 0 heterocycles. The number of hydrogen-bond donors (Lipinski definition) is 0. The van der Waals surface area contributed by atoms with Crippen molar-refractivity contribution in [2.24, 2.45) is 4.13 Å². The summed E-state index contributed by atoms with van der Waals surface area (Å²) in [6.07, 6.45) is 0.569. The van der Waals surface area contributed by atoms with Crippen molar-refractivity contribution in [1.82, 2.24) is 0 Å². The van der Waals surface area contributed by atoms with Crippen molar-refractivity contribution in [3.05, 3.63) is 0 Å². The van der Waals surface area contributed by atoms with Gasteiger partial charge in [0.05, 0.1) is 0 Å². The number of hydrogen-bond acceptors (Lipinski definition) is 2. The van der Waals surface area contributed by atoms with Gasteiger partial charge < -0.3 is 0 Å². The van der Waals surface area contributed by atoms with Crippen LogP contribution in [0.2, 0.25) is 0 Å². The molecular formula is C3H7Cl3NO2PS. The molecule has 0 aromatic rings. The molecule has 8 heteroatoms.